The molecule has 164 valence electrons. The molecule has 2 unspecified atom stereocenters. The molecule has 0 radical (unpaired) electrons. The average Bonchev–Trinajstić information content (AvgIpc) is 3.13. The molecule has 1 saturated heterocycles. The maximum Gasteiger partial charge on any atom is 0.242 e. The van der Waals surface area contributed by atoms with Crippen molar-refractivity contribution in [2.24, 2.45) is 5.92 Å². The third kappa shape index (κ3) is 6.06. The van der Waals surface area contributed by atoms with Gasteiger partial charge in [-0.25, -0.2) is 0 Å². The Hall–Kier alpha value is -2.38. The molecule has 1 aromatic heterocycles. The fraction of sp³-hybridized carbons (Fsp3) is 0.565. The third-order valence-corrected chi connectivity index (χ3v) is 5.61. The summed E-state index contributed by atoms with van der Waals surface area (Å²) in [4.78, 5) is 30.4. The summed E-state index contributed by atoms with van der Waals surface area (Å²) in [6.07, 6.45) is 3.37. The van der Waals surface area contributed by atoms with Crippen molar-refractivity contribution in [2.75, 3.05) is 32.8 Å². The van der Waals surface area contributed by atoms with Gasteiger partial charge in [-0.1, -0.05) is 32.0 Å². The van der Waals surface area contributed by atoms with Crippen LogP contribution in [0.1, 0.15) is 32.8 Å². The summed E-state index contributed by atoms with van der Waals surface area (Å²) in [6.45, 7) is 9.66. The van der Waals surface area contributed by atoms with E-state index in [-0.39, 0.29) is 17.9 Å². The van der Waals surface area contributed by atoms with Gasteiger partial charge in [-0.15, -0.1) is 0 Å². The van der Waals surface area contributed by atoms with E-state index in [4.69, 9.17) is 4.74 Å². The molecule has 1 aliphatic heterocycles. The Morgan fingerprint density at radius 3 is 2.63 bits per heavy atom. The number of nitrogens with zero attached hydrogens (tertiary/aromatic N) is 1. The second kappa shape index (κ2) is 10.6. The molecule has 3 rings (SSSR count). The van der Waals surface area contributed by atoms with Crippen LogP contribution in [0.4, 0.5) is 0 Å². The zero-order valence-corrected chi connectivity index (χ0v) is 18.2. The molecular formula is C23H34N4O3. The van der Waals surface area contributed by atoms with Crippen LogP contribution in [0, 0.1) is 5.92 Å². The third-order valence-electron chi connectivity index (χ3n) is 5.61. The second-order valence-corrected chi connectivity index (χ2v) is 8.49. The molecule has 3 N–H and O–H groups in total. The van der Waals surface area contributed by atoms with Gasteiger partial charge in [0.05, 0.1) is 13.2 Å². The van der Waals surface area contributed by atoms with E-state index >= 15 is 0 Å². The summed E-state index contributed by atoms with van der Waals surface area (Å²) < 4.78 is 5.48. The number of nitrogens with one attached hydrogen (secondary N) is 3. The molecule has 2 heterocycles. The van der Waals surface area contributed by atoms with Crippen molar-refractivity contribution in [3.05, 3.63) is 36.0 Å². The summed E-state index contributed by atoms with van der Waals surface area (Å²) in [5.74, 6) is 0.187. The molecular weight excluding hydrogens is 380 g/mol. The molecule has 2 aromatic rings. The van der Waals surface area contributed by atoms with Crippen LogP contribution in [0.15, 0.2) is 30.5 Å². The van der Waals surface area contributed by atoms with E-state index in [0.717, 1.165) is 49.2 Å². The van der Waals surface area contributed by atoms with Gasteiger partial charge in [0, 0.05) is 56.1 Å². The standard InChI is InChI=1S/C23H34N4O3/c1-16(2)12-19(27-8-10-30-11-9-27)15-25-23(29)22(26-17(3)28)13-18-14-24-21-7-5-4-6-20(18)21/h4-7,14,16,19,22,24H,8-13,15H2,1-3H3,(H,25,29)(H,26,28). The predicted molar refractivity (Wildman–Crippen MR) is 118 cm³/mol. The van der Waals surface area contributed by atoms with Gasteiger partial charge in [-0.05, 0) is 24.0 Å². The predicted octanol–water partition coefficient (Wildman–Crippen LogP) is 2.08. The molecule has 1 aliphatic rings. The number of hydrogen-bond acceptors (Lipinski definition) is 4. The number of ether oxygens (including phenoxy) is 1. The lowest BCUT2D eigenvalue weighted by Gasteiger charge is -2.35. The highest BCUT2D eigenvalue weighted by Gasteiger charge is 2.25. The number of carbonyl (C=O) groups excluding carboxylic acids is 2. The maximum atomic E-state index is 13.0. The van der Waals surface area contributed by atoms with Crippen LogP contribution in [0.3, 0.4) is 0 Å². The minimum Gasteiger partial charge on any atom is -0.379 e. The average molecular weight is 415 g/mol. The lowest BCUT2D eigenvalue weighted by atomic mass is 10.0. The van der Waals surface area contributed by atoms with Gasteiger partial charge < -0.3 is 20.4 Å². The number of aromatic nitrogens is 1. The summed E-state index contributed by atoms with van der Waals surface area (Å²) in [7, 11) is 0. The Morgan fingerprint density at radius 2 is 1.93 bits per heavy atom. The van der Waals surface area contributed by atoms with Gasteiger partial charge in [0.15, 0.2) is 0 Å². The monoisotopic (exact) mass is 414 g/mol. The van der Waals surface area contributed by atoms with Crippen LogP contribution < -0.4 is 10.6 Å². The first-order chi connectivity index (χ1) is 14.4. The van der Waals surface area contributed by atoms with Crippen molar-refractivity contribution in [3.63, 3.8) is 0 Å². The Labute approximate surface area is 178 Å². The van der Waals surface area contributed by atoms with Crippen molar-refractivity contribution in [3.8, 4) is 0 Å². The van der Waals surface area contributed by atoms with E-state index in [1.807, 2.05) is 30.5 Å². The number of fused-ring (bicyclic) bond motifs is 1. The Bertz CT molecular complexity index is 842. The lowest BCUT2D eigenvalue weighted by molar-refractivity contribution is -0.128. The Morgan fingerprint density at radius 1 is 1.20 bits per heavy atom. The maximum absolute atomic E-state index is 13.0. The summed E-state index contributed by atoms with van der Waals surface area (Å²) in [6, 6.07) is 7.65. The molecule has 0 spiro atoms. The number of carbonyl (C=O) groups is 2. The van der Waals surface area contributed by atoms with Gasteiger partial charge in [-0.2, -0.15) is 0 Å². The highest BCUT2D eigenvalue weighted by molar-refractivity contribution is 5.89. The van der Waals surface area contributed by atoms with Crippen LogP contribution >= 0.6 is 0 Å². The van der Waals surface area contributed by atoms with E-state index < -0.39 is 6.04 Å². The van der Waals surface area contributed by atoms with Crippen molar-refractivity contribution in [1.82, 2.24) is 20.5 Å². The van der Waals surface area contributed by atoms with E-state index in [2.05, 4.69) is 34.4 Å². The molecule has 0 aliphatic carbocycles. The van der Waals surface area contributed by atoms with Gasteiger partial charge in [0.1, 0.15) is 6.04 Å². The number of para-hydroxylation sites is 1. The molecule has 2 amide bonds. The molecule has 0 saturated carbocycles. The van der Waals surface area contributed by atoms with Crippen molar-refractivity contribution in [2.45, 2.75) is 45.7 Å². The first-order valence-electron chi connectivity index (χ1n) is 10.9. The van der Waals surface area contributed by atoms with Gasteiger partial charge >= 0.3 is 0 Å². The zero-order chi connectivity index (χ0) is 21.5. The molecule has 1 aromatic carbocycles. The van der Waals surface area contributed by atoms with E-state index in [1.165, 1.54) is 6.92 Å². The number of hydrogen-bond donors (Lipinski definition) is 3. The first kappa shape index (κ1) is 22.3. The van der Waals surface area contributed by atoms with Gasteiger partial charge in [0.2, 0.25) is 11.8 Å². The number of aromatic amines is 1. The number of morpholine rings is 1. The van der Waals surface area contributed by atoms with Gasteiger partial charge in [0.25, 0.3) is 0 Å². The first-order valence-corrected chi connectivity index (χ1v) is 10.9. The molecule has 2 atom stereocenters. The highest BCUT2D eigenvalue weighted by atomic mass is 16.5. The normalized spacial score (nSPS) is 17.1. The Kier molecular flexibility index (Phi) is 7.87. The molecule has 7 heteroatoms. The smallest absolute Gasteiger partial charge is 0.242 e. The SMILES string of the molecule is CC(=O)NC(Cc1c[nH]c2ccccc12)C(=O)NCC(CC(C)C)N1CCOCC1. The number of amides is 2. The fourth-order valence-corrected chi connectivity index (χ4v) is 4.16. The summed E-state index contributed by atoms with van der Waals surface area (Å²) >= 11 is 0. The van der Waals surface area contributed by atoms with E-state index in [1.54, 1.807) is 0 Å². The number of rotatable bonds is 9. The second-order valence-electron chi connectivity index (χ2n) is 8.49. The van der Waals surface area contributed by atoms with Crippen LogP contribution in [-0.4, -0.2) is 66.6 Å². The minimum absolute atomic E-state index is 0.141. The van der Waals surface area contributed by atoms with Crippen LogP contribution in [0.5, 0.6) is 0 Å². The van der Waals surface area contributed by atoms with Crippen molar-refractivity contribution >= 4 is 22.7 Å². The topological polar surface area (TPSA) is 86.5 Å². The molecule has 30 heavy (non-hydrogen) atoms. The fourth-order valence-electron chi connectivity index (χ4n) is 4.16. The largest absolute Gasteiger partial charge is 0.379 e. The van der Waals surface area contributed by atoms with Crippen LogP contribution in [-0.2, 0) is 20.7 Å². The lowest BCUT2D eigenvalue weighted by Crippen LogP contribution is -2.53. The van der Waals surface area contributed by atoms with Gasteiger partial charge in [-0.3, -0.25) is 14.5 Å². The summed E-state index contributed by atoms with van der Waals surface area (Å²) in [5.41, 5.74) is 2.05. The van der Waals surface area contributed by atoms with Crippen molar-refractivity contribution < 1.29 is 14.3 Å². The van der Waals surface area contributed by atoms with Crippen LogP contribution in [0.25, 0.3) is 10.9 Å². The Balaban J connectivity index is 1.67. The van der Waals surface area contributed by atoms with E-state index in [9.17, 15) is 9.59 Å². The van der Waals surface area contributed by atoms with Crippen LogP contribution in [0.2, 0.25) is 0 Å². The molecule has 1 fully saturated rings. The molecule has 7 nitrogen and oxygen atoms in total. The number of H-pyrrole nitrogens is 1. The molecule has 0 bridgehead atoms. The van der Waals surface area contributed by atoms with E-state index in [0.29, 0.717) is 18.9 Å². The van der Waals surface area contributed by atoms with Crippen molar-refractivity contribution in [1.29, 1.82) is 0 Å². The zero-order valence-electron chi connectivity index (χ0n) is 18.2. The quantitative estimate of drug-likeness (QED) is 0.586. The number of benzene rings is 1. The highest BCUT2D eigenvalue weighted by Crippen LogP contribution is 2.19. The minimum atomic E-state index is -0.605. The summed E-state index contributed by atoms with van der Waals surface area (Å²) in [5, 5.41) is 7.01.